The molecule has 0 saturated heterocycles. The van der Waals surface area contributed by atoms with Crippen molar-refractivity contribution in [2.45, 2.75) is 68.5 Å². The second-order valence-electron chi connectivity index (χ2n) is 5.34. The van der Waals surface area contributed by atoms with Gasteiger partial charge in [-0.2, -0.15) is 17.0 Å². The molecule has 1 rings (SSSR count). The quantitative estimate of drug-likeness (QED) is 0.699. The number of thioether (sulfide) groups is 1. The van der Waals surface area contributed by atoms with Gasteiger partial charge in [-0.1, -0.05) is 13.8 Å². The van der Waals surface area contributed by atoms with E-state index in [0.717, 1.165) is 12.8 Å². The van der Waals surface area contributed by atoms with Crippen molar-refractivity contribution in [2.75, 3.05) is 6.61 Å². The molecule has 1 fully saturated rings. The van der Waals surface area contributed by atoms with E-state index < -0.39 is 5.54 Å². The molecule has 0 aromatic carbocycles. The highest BCUT2D eigenvalue weighted by Gasteiger charge is 2.33. The van der Waals surface area contributed by atoms with E-state index in [2.05, 4.69) is 25.2 Å². The maximum absolute atomic E-state index is 9.29. The Kier molecular flexibility index (Phi) is 5.78. The van der Waals surface area contributed by atoms with Gasteiger partial charge in [0.25, 0.3) is 0 Å². The Labute approximate surface area is 109 Å². The lowest BCUT2D eigenvalue weighted by molar-refractivity contribution is 0.288. The van der Waals surface area contributed by atoms with E-state index >= 15 is 0 Å². The van der Waals surface area contributed by atoms with E-state index in [1.54, 1.807) is 0 Å². The van der Waals surface area contributed by atoms with Gasteiger partial charge in [-0.05, 0) is 32.6 Å². The fourth-order valence-electron chi connectivity index (χ4n) is 2.08. The average molecular weight is 256 g/mol. The first-order chi connectivity index (χ1) is 7.99. The van der Waals surface area contributed by atoms with Crippen molar-refractivity contribution in [3.63, 3.8) is 0 Å². The molecule has 17 heavy (non-hydrogen) atoms. The van der Waals surface area contributed by atoms with Crippen LogP contribution in [0.5, 0.6) is 0 Å². The maximum Gasteiger partial charge on any atom is 0.105 e. The predicted octanol–water partition coefficient (Wildman–Crippen LogP) is 2.30. The van der Waals surface area contributed by atoms with Gasteiger partial charge in [-0.15, -0.1) is 0 Å². The van der Waals surface area contributed by atoms with Gasteiger partial charge in [0.2, 0.25) is 0 Å². The number of aliphatic hydroxyl groups excluding tert-OH is 1. The Hall–Kier alpha value is -0.240. The van der Waals surface area contributed by atoms with Crippen LogP contribution in [0, 0.1) is 11.3 Å². The number of nitrogens with zero attached hydrogens (tertiary/aromatic N) is 1. The summed E-state index contributed by atoms with van der Waals surface area (Å²) >= 11 is 1.86. The predicted molar refractivity (Wildman–Crippen MR) is 73.0 cm³/mol. The van der Waals surface area contributed by atoms with Crippen LogP contribution in [-0.4, -0.2) is 33.8 Å². The smallest absolute Gasteiger partial charge is 0.105 e. The summed E-state index contributed by atoms with van der Waals surface area (Å²) in [6, 6.07) is 2.97. The van der Waals surface area contributed by atoms with Crippen molar-refractivity contribution in [1.29, 1.82) is 5.26 Å². The van der Waals surface area contributed by atoms with Gasteiger partial charge in [-0.3, -0.25) is 5.32 Å². The van der Waals surface area contributed by atoms with Crippen molar-refractivity contribution in [1.82, 2.24) is 5.32 Å². The number of hydrogen-bond donors (Lipinski definition) is 2. The topological polar surface area (TPSA) is 56.0 Å². The van der Waals surface area contributed by atoms with Gasteiger partial charge >= 0.3 is 0 Å². The molecule has 4 heteroatoms. The fraction of sp³-hybridized carbons (Fsp3) is 0.923. The average Bonchev–Trinajstić information content (AvgIpc) is 3.01. The number of rotatable bonds is 8. The lowest BCUT2D eigenvalue weighted by Gasteiger charge is -2.27. The molecule has 1 saturated carbocycles. The van der Waals surface area contributed by atoms with Gasteiger partial charge in [0.15, 0.2) is 0 Å². The molecule has 0 bridgehead atoms. The van der Waals surface area contributed by atoms with Crippen LogP contribution >= 0.6 is 11.8 Å². The molecule has 0 amide bonds. The Morgan fingerprint density at radius 1 is 1.47 bits per heavy atom. The van der Waals surface area contributed by atoms with Gasteiger partial charge in [0.05, 0.1) is 6.07 Å². The van der Waals surface area contributed by atoms with Crippen molar-refractivity contribution in [3.05, 3.63) is 0 Å². The van der Waals surface area contributed by atoms with E-state index in [4.69, 9.17) is 5.11 Å². The second-order valence-corrected chi connectivity index (χ2v) is 7.22. The zero-order valence-corrected chi connectivity index (χ0v) is 11.9. The van der Waals surface area contributed by atoms with Gasteiger partial charge in [0.1, 0.15) is 5.54 Å². The second kappa shape index (κ2) is 6.63. The minimum Gasteiger partial charge on any atom is -0.396 e. The number of nitrogens with one attached hydrogen (secondary N) is 1. The molecule has 0 aromatic heterocycles. The Bertz CT molecular complexity index is 275. The first-order valence-electron chi connectivity index (χ1n) is 6.44. The molecule has 0 radical (unpaired) electrons. The minimum absolute atomic E-state index is 0.247. The summed E-state index contributed by atoms with van der Waals surface area (Å²) in [5, 5.41) is 22.5. The third-order valence-corrected chi connectivity index (χ3v) is 4.37. The van der Waals surface area contributed by atoms with Crippen LogP contribution in [0.2, 0.25) is 0 Å². The van der Waals surface area contributed by atoms with Crippen LogP contribution < -0.4 is 5.32 Å². The lowest BCUT2D eigenvalue weighted by Crippen LogP contribution is -2.44. The highest BCUT2D eigenvalue weighted by atomic mass is 32.2. The summed E-state index contributed by atoms with van der Waals surface area (Å²) in [7, 11) is 0. The Morgan fingerprint density at radius 3 is 2.59 bits per heavy atom. The molecule has 1 aliphatic carbocycles. The lowest BCUT2D eigenvalue weighted by atomic mass is 9.98. The fourth-order valence-corrected chi connectivity index (χ4v) is 3.55. The summed E-state index contributed by atoms with van der Waals surface area (Å²) in [5.41, 5.74) is -0.396. The number of aliphatic hydroxyl groups is 1. The molecule has 3 unspecified atom stereocenters. The first kappa shape index (κ1) is 14.8. The zero-order valence-electron chi connectivity index (χ0n) is 11.1. The van der Waals surface area contributed by atoms with Gasteiger partial charge < -0.3 is 5.11 Å². The highest BCUT2D eigenvalue weighted by Crippen LogP contribution is 2.29. The van der Waals surface area contributed by atoms with E-state index in [9.17, 15) is 5.26 Å². The van der Waals surface area contributed by atoms with Crippen molar-refractivity contribution < 1.29 is 5.11 Å². The van der Waals surface area contributed by atoms with E-state index in [1.165, 1.54) is 12.8 Å². The minimum atomic E-state index is -0.396. The molecule has 3 atom stereocenters. The van der Waals surface area contributed by atoms with Crippen molar-refractivity contribution in [2.24, 2.45) is 0 Å². The Morgan fingerprint density at radius 2 is 2.12 bits per heavy atom. The maximum atomic E-state index is 9.29. The molecule has 98 valence electrons. The van der Waals surface area contributed by atoms with Crippen molar-refractivity contribution in [3.8, 4) is 6.07 Å². The van der Waals surface area contributed by atoms with E-state index in [-0.39, 0.29) is 6.61 Å². The molecule has 2 N–H and O–H groups in total. The third kappa shape index (κ3) is 5.76. The summed E-state index contributed by atoms with van der Waals surface area (Å²) in [6.45, 7) is 6.55. The highest BCUT2D eigenvalue weighted by molar-refractivity contribution is 8.00. The largest absolute Gasteiger partial charge is 0.396 e. The van der Waals surface area contributed by atoms with Crippen LogP contribution in [0.3, 0.4) is 0 Å². The normalized spacial score (nSPS) is 22.5. The van der Waals surface area contributed by atoms with Crippen LogP contribution in [0.15, 0.2) is 0 Å². The SMILES string of the molecule is CC(CCO)SC(C)CC(C)(C#N)NC1CC1. The van der Waals surface area contributed by atoms with Crippen molar-refractivity contribution >= 4 is 11.8 Å². The summed E-state index contributed by atoms with van der Waals surface area (Å²) < 4.78 is 0. The van der Waals surface area contributed by atoms with Crippen LogP contribution in [-0.2, 0) is 0 Å². The molecule has 0 spiro atoms. The van der Waals surface area contributed by atoms with E-state index in [1.807, 2.05) is 18.7 Å². The van der Waals surface area contributed by atoms with Gasteiger partial charge in [0, 0.05) is 23.1 Å². The summed E-state index contributed by atoms with van der Waals surface area (Å²) in [6.07, 6.45) is 4.11. The van der Waals surface area contributed by atoms with E-state index in [0.29, 0.717) is 16.5 Å². The van der Waals surface area contributed by atoms with Crippen LogP contribution in [0.4, 0.5) is 0 Å². The molecule has 0 heterocycles. The summed E-state index contributed by atoms with van der Waals surface area (Å²) in [5.74, 6) is 0. The molecule has 3 nitrogen and oxygen atoms in total. The van der Waals surface area contributed by atoms with Crippen LogP contribution in [0.25, 0.3) is 0 Å². The molecule has 1 aliphatic rings. The molecular formula is C13H24N2OS. The summed E-state index contributed by atoms with van der Waals surface area (Å²) in [4.78, 5) is 0. The number of hydrogen-bond acceptors (Lipinski definition) is 4. The first-order valence-corrected chi connectivity index (χ1v) is 7.38. The zero-order chi connectivity index (χ0) is 12.9. The monoisotopic (exact) mass is 256 g/mol. The standard InChI is InChI=1S/C13H24N2OS/c1-10(6-7-16)17-11(2)8-13(3,9-14)15-12-4-5-12/h10-12,15-16H,4-8H2,1-3H3. The molecular weight excluding hydrogens is 232 g/mol. The van der Waals surface area contributed by atoms with Gasteiger partial charge in [-0.25, -0.2) is 0 Å². The Balaban J connectivity index is 2.35. The molecule has 0 aliphatic heterocycles. The number of nitriles is 1. The molecule has 0 aromatic rings. The third-order valence-electron chi connectivity index (χ3n) is 3.04. The van der Waals surface area contributed by atoms with Crippen LogP contribution in [0.1, 0.15) is 46.5 Å².